The minimum atomic E-state index is -0.0685. The van der Waals surface area contributed by atoms with Gasteiger partial charge in [-0.2, -0.15) is 0 Å². The number of hydrogen-bond donors (Lipinski definition) is 1. The van der Waals surface area contributed by atoms with Crippen molar-refractivity contribution in [3.8, 4) is 0 Å². The molecule has 0 amide bonds. The Bertz CT molecular complexity index is 903. The summed E-state index contributed by atoms with van der Waals surface area (Å²) < 4.78 is 5.79. The predicted molar refractivity (Wildman–Crippen MR) is 77.1 cm³/mol. The van der Waals surface area contributed by atoms with Crippen molar-refractivity contribution in [1.29, 1.82) is 0 Å². The summed E-state index contributed by atoms with van der Waals surface area (Å²) in [6.07, 6.45) is 0. The first-order valence-electron chi connectivity index (χ1n) is 6.30. The Balaban J connectivity index is 2.29. The second-order valence-electron chi connectivity index (χ2n) is 4.74. The second kappa shape index (κ2) is 3.84. The van der Waals surface area contributed by atoms with Crippen LogP contribution >= 0.6 is 0 Å². The first-order valence-corrected chi connectivity index (χ1v) is 6.30. The van der Waals surface area contributed by atoms with E-state index in [2.05, 4.69) is 30.3 Å². The third-order valence-electron chi connectivity index (χ3n) is 3.60. The fourth-order valence-electron chi connectivity index (χ4n) is 2.72. The third kappa shape index (κ3) is 1.47. The van der Waals surface area contributed by atoms with Crippen molar-refractivity contribution in [2.45, 2.75) is 6.61 Å². The molecule has 0 saturated carbocycles. The highest BCUT2D eigenvalue weighted by molar-refractivity contribution is 6.18. The molecule has 0 bridgehead atoms. The van der Waals surface area contributed by atoms with Gasteiger partial charge in [-0.25, -0.2) is 0 Å². The molecule has 0 unspecified atom stereocenters. The summed E-state index contributed by atoms with van der Waals surface area (Å²) in [7, 11) is 0. The smallest absolute Gasteiger partial charge is 0.142 e. The van der Waals surface area contributed by atoms with Gasteiger partial charge in [0, 0.05) is 10.8 Å². The lowest BCUT2D eigenvalue weighted by molar-refractivity contribution is 0.251. The van der Waals surface area contributed by atoms with Gasteiger partial charge in [0.05, 0.1) is 0 Å². The molecular weight excluding hydrogens is 236 g/mol. The quantitative estimate of drug-likeness (QED) is 0.511. The van der Waals surface area contributed by atoms with Crippen LogP contribution < -0.4 is 0 Å². The van der Waals surface area contributed by atoms with Crippen LogP contribution in [0.2, 0.25) is 0 Å². The van der Waals surface area contributed by atoms with Gasteiger partial charge in [-0.15, -0.1) is 0 Å². The molecule has 0 aliphatic heterocycles. The first-order chi connectivity index (χ1) is 9.36. The maximum atomic E-state index is 9.23. The van der Waals surface area contributed by atoms with Gasteiger partial charge < -0.3 is 9.52 Å². The van der Waals surface area contributed by atoms with Gasteiger partial charge in [-0.05, 0) is 22.2 Å². The van der Waals surface area contributed by atoms with Crippen LogP contribution in [-0.2, 0) is 6.61 Å². The fraction of sp³-hybridized carbons (Fsp3) is 0.0588. The molecule has 0 atom stereocenters. The van der Waals surface area contributed by atoms with Crippen LogP contribution in [0.15, 0.2) is 59.0 Å². The highest BCUT2D eigenvalue weighted by atomic mass is 16.4. The van der Waals surface area contributed by atoms with Crippen LogP contribution in [0.1, 0.15) is 5.76 Å². The molecule has 0 fully saturated rings. The molecule has 1 aromatic heterocycles. The fourth-order valence-corrected chi connectivity index (χ4v) is 2.72. The summed E-state index contributed by atoms with van der Waals surface area (Å²) in [5.41, 5.74) is 0.860. The number of furan rings is 1. The van der Waals surface area contributed by atoms with Gasteiger partial charge >= 0.3 is 0 Å². The standard InChI is InChI=1S/C17H12O2/c18-10-14-9-13-8-7-12-6-5-11-3-1-2-4-15(11)16(12)17(13)19-14/h1-9,18H,10H2. The van der Waals surface area contributed by atoms with E-state index in [0.717, 1.165) is 21.7 Å². The lowest BCUT2D eigenvalue weighted by Gasteiger charge is -2.04. The van der Waals surface area contributed by atoms with Crippen LogP contribution in [0.3, 0.4) is 0 Å². The lowest BCUT2D eigenvalue weighted by Crippen LogP contribution is -1.78. The van der Waals surface area contributed by atoms with Crippen LogP contribution in [0.25, 0.3) is 32.5 Å². The monoisotopic (exact) mass is 248 g/mol. The van der Waals surface area contributed by atoms with E-state index in [1.165, 1.54) is 10.8 Å². The van der Waals surface area contributed by atoms with Crippen molar-refractivity contribution in [1.82, 2.24) is 0 Å². The van der Waals surface area contributed by atoms with Crippen LogP contribution in [0.4, 0.5) is 0 Å². The van der Waals surface area contributed by atoms with E-state index < -0.39 is 0 Å². The maximum Gasteiger partial charge on any atom is 0.142 e. The summed E-state index contributed by atoms with van der Waals surface area (Å²) in [5.74, 6) is 0.607. The van der Waals surface area contributed by atoms with Gasteiger partial charge in [-0.1, -0.05) is 48.5 Å². The van der Waals surface area contributed by atoms with Crippen LogP contribution in [0, 0.1) is 0 Å². The van der Waals surface area contributed by atoms with Crippen molar-refractivity contribution >= 4 is 32.5 Å². The van der Waals surface area contributed by atoms with Gasteiger partial charge in [0.25, 0.3) is 0 Å². The summed E-state index contributed by atoms with van der Waals surface area (Å²) in [5, 5.41) is 14.9. The lowest BCUT2D eigenvalue weighted by atomic mass is 10.0. The van der Waals surface area contributed by atoms with Crippen LogP contribution in [0.5, 0.6) is 0 Å². The Hall–Kier alpha value is -2.32. The number of fused-ring (bicyclic) bond motifs is 5. The van der Waals surface area contributed by atoms with Crippen molar-refractivity contribution < 1.29 is 9.52 Å². The Kier molecular flexibility index (Phi) is 2.14. The molecule has 19 heavy (non-hydrogen) atoms. The molecule has 0 saturated heterocycles. The number of hydrogen-bond acceptors (Lipinski definition) is 2. The molecule has 2 heteroatoms. The molecular formula is C17H12O2. The van der Waals surface area contributed by atoms with E-state index in [1.807, 2.05) is 24.3 Å². The van der Waals surface area contributed by atoms with Crippen LogP contribution in [-0.4, -0.2) is 5.11 Å². The molecule has 3 aromatic carbocycles. The molecule has 0 radical (unpaired) electrons. The number of aliphatic hydroxyl groups is 1. The second-order valence-corrected chi connectivity index (χ2v) is 4.74. The molecule has 0 aliphatic carbocycles. The zero-order chi connectivity index (χ0) is 12.8. The molecule has 0 spiro atoms. The van der Waals surface area contributed by atoms with Crippen molar-refractivity contribution in [2.75, 3.05) is 0 Å². The van der Waals surface area contributed by atoms with E-state index in [-0.39, 0.29) is 6.61 Å². The molecule has 92 valence electrons. The number of rotatable bonds is 1. The molecule has 1 heterocycles. The van der Waals surface area contributed by atoms with Gasteiger partial charge in [0.1, 0.15) is 18.0 Å². The van der Waals surface area contributed by atoms with Gasteiger partial charge in [0.2, 0.25) is 0 Å². The van der Waals surface area contributed by atoms with Gasteiger partial charge in [0.15, 0.2) is 0 Å². The number of aliphatic hydroxyl groups excluding tert-OH is 1. The molecule has 0 aliphatic rings. The molecule has 1 N–H and O–H groups in total. The topological polar surface area (TPSA) is 33.4 Å². The van der Waals surface area contributed by atoms with E-state index in [1.54, 1.807) is 0 Å². The largest absolute Gasteiger partial charge is 0.458 e. The zero-order valence-corrected chi connectivity index (χ0v) is 10.3. The molecule has 4 aromatic rings. The maximum absolute atomic E-state index is 9.23. The summed E-state index contributed by atoms with van der Waals surface area (Å²) >= 11 is 0. The Morgan fingerprint density at radius 3 is 2.42 bits per heavy atom. The van der Waals surface area contributed by atoms with E-state index >= 15 is 0 Å². The highest BCUT2D eigenvalue weighted by Crippen LogP contribution is 2.33. The Morgan fingerprint density at radius 1 is 0.842 bits per heavy atom. The first kappa shape index (κ1) is 10.6. The van der Waals surface area contributed by atoms with Gasteiger partial charge in [-0.3, -0.25) is 0 Å². The minimum Gasteiger partial charge on any atom is -0.458 e. The average Bonchev–Trinajstić information content (AvgIpc) is 2.90. The summed E-state index contributed by atoms with van der Waals surface area (Å²) in [6.45, 7) is -0.0685. The normalized spacial score (nSPS) is 11.6. The SMILES string of the molecule is OCc1cc2ccc3ccc4ccccc4c3c2o1. The summed E-state index contributed by atoms with van der Waals surface area (Å²) in [4.78, 5) is 0. The van der Waals surface area contributed by atoms with Crippen molar-refractivity contribution in [3.63, 3.8) is 0 Å². The Labute approximate surface area is 109 Å². The van der Waals surface area contributed by atoms with E-state index in [4.69, 9.17) is 4.42 Å². The van der Waals surface area contributed by atoms with E-state index in [0.29, 0.717) is 5.76 Å². The third-order valence-corrected chi connectivity index (χ3v) is 3.60. The Morgan fingerprint density at radius 2 is 1.58 bits per heavy atom. The van der Waals surface area contributed by atoms with Crippen molar-refractivity contribution in [3.05, 3.63) is 60.4 Å². The van der Waals surface area contributed by atoms with Crippen molar-refractivity contribution in [2.24, 2.45) is 0 Å². The predicted octanol–water partition coefficient (Wildman–Crippen LogP) is 4.23. The summed E-state index contributed by atoms with van der Waals surface area (Å²) in [6, 6.07) is 18.6. The number of benzene rings is 3. The molecule has 2 nitrogen and oxygen atoms in total. The molecule has 4 rings (SSSR count). The average molecular weight is 248 g/mol. The zero-order valence-electron chi connectivity index (χ0n) is 10.3. The highest BCUT2D eigenvalue weighted by Gasteiger charge is 2.09. The minimum absolute atomic E-state index is 0.0685. The van der Waals surface area contributed by atoms with E-state index in [9.17, 15) is 5.11 Å².